The quantitative estimate of drug-likeness (QED) is 0.362. The standard InChI is InChI=1S/C22H16Cl2FN7O/c1-2-15(30-20-18-19(27-9-26-18)28-10-29-20)21-31-16-6-4-12(25)8-13(16)22(33)32(21)17-7-11(23)3-5-14(17)24/h3-10,15H,2H2,1H3,(H2,26,27,28,29,30). The molecule has 2 aromatic carbocycles. The molecular formula is C22H16Cl2FN7O. The van der Waals surface area contributed by atoms with Crippen LogP contribution in [-0.2, 0) is 0 Å². The molecule has 0 saturated heterocycles. The molecule has 8 nitrogen and oxygen atoms in total. The second kappa shape index (κ2) is 8.42. The Hall–Kier alpha value is -3.56. The summed E-state index contributed by atoms with van der Waals surface area (Å²) in [5.41, 5.74) is 1.36. The zero-order valence-corrected chi connectivity index (χ0v) is 18.7. The van der Waals surface area contributed by atoms with Gasteiger partial charge in [0.1, 0.15) is 23.5 Å². The van der Waals surface area contributed by atoms with Crippen molar-refractivity contribution in [3.05, 3.63) is 81.1 Å². The molecule has 5 rings (SSSR count). The summed E-state index contributed by atoms with van der Waals surface area (Å²) in [6.45, 7) is 1.94. The Morgan fingerprint density at radius 3 is 2.82 bits per heavy atom. The zero-order valence-electron chi connectivity index (χ0n) is 17.2. The lowest BCUT2D eigenvalue weighted by molar-refractivity contribution is 0.628. The van der Waals surface area contributed by atoms with Gasteiger partial charge in [0.15, 0.2) is 11.5 Å². The number of nitrogens with zero attached hydrogens (tertiary/aromatic N) is 5. The van der Waals surface area contributed by atoms with Crippen LogP contribution in [0.4, 0.5) is 10.2 Å². The monoisotopic (exact) mass is 483 g/mol. The van der Waals surface area contributed by atoms with Crippen molar-refractivity contribution in [2.45, 2.75) is 19.4 Å². The van der Waals surface area contributed by atoms with E-state index in [-0.39, 0.29) is 5.39 Å². The number of aromatic nitrogens is 6. The molecule has 0 saturated carbocycles. The number of hydrogen-bond acceptors (Lipinski definition) is 6. The molecule has 1 unspecified atom stereocenters. The number of H-pyrrole nitrogens is 1. The predicted octanol–water partition coefficient (Wildman–Crippen LogP) is 5.06. The first-order valence-corrected chi connectivity index (χ1v) is 10.8. The summed E-state index contributed by atoms with van der Waals surface area (Å²) in [5.74, 6) is 0.309. The molecule has 1 atom stereocenters. The average molecular weight is 484 g/mol. The molecular weight excluding hydrogens is 468 g/mol. The van der Waals surface area contributed by atoms with Gasteiger partial charge in [0.25, 0.3) is 5.56 Å². The van der Waals surface area contributed by atoms with Crippen LogP contribution in [0.15, 0.2) is 53.8 Å². The van der Waals surface area contributed by atoms with Crippen LogP contribution < -0.4 is 10.9 Å². The number of rotatable bonds is 5. The Balaban J connectivity index is 1.76. The maximum atomic E-state index is 14.0. The topological polar surface area (TPSA) is 101 Å². The Morgan fingerprint density at radius 2 is 2.00 bits per heavy atom. The van der Waals surface area contributed by atoms with Crippen LogP contribution >= 0.6 is 23.2 Å². The molecule has 2 N–H and O–H groups in total. The van der Waals surface area contributed by atoms with Crippen molar-refractivity contribution in [2.24, 2.45) is 0 Å². The van der Waals surface area contributed by atoms with Gasteiger partial charge in [-0.2, -0.15) is 0 Å². The van der Waals surface area contributed by atoms with E-state index in [2.05, 4.69) is 25.3 Å². The Labute approximate surface area is 196 Å². The lowest BCUT2D eigenvalue weighted by atomic mass is 10.1. The third kappa shape index (κ3) is 3.79. The number of aromatic amines is 1. The van der Waals surface area contributed by atoms with E-state index >= 15 is 0 Å². The zero-order chi connectivity index (χ0) is 23.1. The summed E-state index contributed by atoms with van der Waals surface area (Å²) in [7, 11) is 0. The van der Waals surface area contributed by atoms with Gasteiger partial charge < -0.3 is 10.3 Å². The highest BCUT2D eigenvalue weighted by atomic mass is 35.5. The predicted molar refractivity (Wildman–Crippen MR) is 126 cm³/mol. The van der Waals surface area contributed by atoms with Gasteiger partial charge in [-0.1, -0.05) is 30.1 Å². The van der Waals surface area contributed by atoms with E-state index in [0.717, 1.165) is 6.07 Å². The Bertz CT molecular complexity index is 1570. The normalized spacial score (nSPS) is 12.4. The summed E-state index contributed by atoms with van der Waals surface area (Å²) in [6, 6.07) is 8.22. The summed E-state index contributed by atoms with van der Waals surface area (Å²) in [5, 5.41) is 4.13. The first-order chi connectivity index (χ1) is 16.0. The number of nitrogens with one attached hydrogen (secondary N) is 2. The van der Waals surface area contributed by atoms with Crippen LogP contribution in [-0.4, -0.2) is 29.5 Å². The van der Waals surface area contributed by atoms with Crippen molar-refractivity contribution in [3.63, 3.8) is 0 Å². The fourth-order valence-electron chi connectivity index (χ4n) is 3.68. The molecule has 0 amide bonds. The Morgan fingerprint density at radius 1 is 1.15 bits per heavy atom. The molecule has 3 aromatic heterocycles. The third-order valence-electron chi connectivity index (χ3n) is 5.25. The van der Waals surface area contributed by atoms with Crippen LogP contribution in [0.3, 0.4) is 0 Å². The van der Waals surface area contributed by atoms with E-state index in [1.807, 2.05) is 6.92 Å². The SMILES string of the molecule is CCC(Nc1ncnc2[nH]cnc12)c1nc2ccc(F)cc2c(=O)n1-c1cc(Cl)ccc1Cl. The molecule has 0 aliphatic heterocycles. The highest BCUT2D eigenvalue weighted by Gasteiger charge is 2.23. The van der Waals surface area contributed by atoms with Gasteiger partial charge in [-0.05, 0) is 42.8 Å². The second-order valence-electron chi connectivity index (χ2n) is 7.29. The molecule has 5 aromatic rings. The maximum Gasteiger partial charge on any atom is 0.266 e. The van der Waals surface area contributed by atoms with Crippen molar-refractivity contribution < 1.29 is 4.39 Å². The lowest BCUT2D eigenvalue weighted by Crippen LogP contribution is -2.28. The first kappa shape index (κ1) is 21.3. The largest absolute Gasteiger partial charge is 0.358 e. The van der Waals surface area contributed by atoms with Crippen molar-refractivity contribution in [3.8, 4) is 5.69 Å². The number of anilines is 1. The van der Waals surface area contributed by atoms with E-state index in [9.17, 15) is 9.18 Å². The molecule has 33 heavy (non-hydrogen) atoms. The number of halogens is 3. The summed E-state index contributed by atoms with van der Waals surface area (Å²) >= 11 is 12.7. The van der Waals surface area contributed by atoms with Gasteiger partial charge in [-0.3, -0.25) is 9.36 Å². The fraction of sp³-hybridized carbons (Fsp3) is 0.136. The Kier molecular flexibility index (Phi) is 5.43. The van der Waals surface area contributed by atoms with Crippen LogP contribution in [0.25, 0.3) is 27.8 Å². The van der Waals surface area contributed by atoms with Crippen molar-refractivity contribution >= 4 is 51.1 Å². The molecule has 11 heteroatoms. The van der Waals surface area contributed by atoms with E-state index in [1.54, 1.807) is 18.2 Å². The maximum absolute atomic E-state index is 14.0. The van der Waals surface area contributed by atoms with Crippen LogP contribution in [0.1, 0.15) is 25.2 Å². The molecule has 0 aliphatic carbocycles. The molecule has 0 fully saturated rings. The molecule has 0 bridgehead atoms. The molecule has 3 heterocycles. The van der Waals surface area contributed by atoms with Gasteiger partial charge in [-0.15, -0.1) is 0 Å². The minimum Gasteiger partial charge on any atom is -0.358 e. The van der Waals surface area contributed by atoms with E-state index in [4.69, 9.17) is 28.2 Å². The molecule has 166 valence electrons. The van der Waals surface area contributed by atoms with Crippen LogP contribution in [0.2, 0.25) is 10.0 Å². The molecule has 0 aliphatic rings. The van der Waals surface area contributed by atoms with E-state index < -0.39 is 17.4 Å². The number of fused-ring (bicyclic) bond motifs is 2. The third-order valence-corrected chi connectivity index (χ3v) is 5.81. The van der Waals surface area contributed by atoms with E-state index in [0.29, 0.717) is 50.5 Å². The van der Waals surface area contributed by atoms with Gasteiger partial charge in [-0.25, -0.2) is 24.3 Å². The van der Waals surface area contributed by atoms with Gasteiger partial charge in [0, 0.05) is 5.02 Å². The summed E-state index contributed by atoms with van der Waals surface area (Å²) in [4.78, 5) is 34.0. The van der Waals surface area contributed by atoms with Crippen molar-refractivity contribution in [1.29, 1.82) is 0 Å². The van der Waals surface area contributed by atoms with Gasteiger partial charge in [0.2, 0.25) is 0 Å². The second-order valence-corrected chi connectivity index (χ2v) is 8.14. The van der Waals surface area contributed by atoms with Crippen LogP contribution in [0.5, 0.6) is 0 Å². The minimum absolute atomic E-state index is 0.126. The fourth-order valence-corrected chi connectivity index (χ4v) is 4.05. The minimum atomic E-state index is -0.537. The summed E-state index contributed by atoms with van der Waals surface area (Å²) < 4.78 is 15.3. The van der Waals surface area contributed by atoms with Gasteiger partial charge >= 0.3 is 0 Å². The molecule has 0 radical (unpaired) electrons. The molecule has 0 spiro atoms. The van der Waals surface area contributed by atoms with Crippen LogP contribution in [0, 0.1) is 5.82 Å². The smallest absolute Gasteiger partial charge is 0.266 e. The first-order valence-electron chi connectivity index (χ1n) is 10.0. The number of hydrogen-bond donors (Lipinski definition) is 2. The average Bonchev–Trinajstić information content (AvgIpc) is 3.29. The van der Waals surface area contributed by atoms with E-state index in [1.165, 1.54) is 29.4 Å². The highest BCUT2D eigenvalue weighted by molar-refractivity contribution is 6.34. The lowest BCUT2D eigenvalue weighted by Gasteiger charge is -2.22. The van der Waals surface area contributed by atoms with Gasteiger partial charge in [0.05, 0.1) is 34.0 Å². The highest BCUT2D eigenvalue weighted by Crippen LogP contribution is 2.29. The van der Waals surface area contributed by atoms with Crippen molar-refractivity contribution in [2.75, 3.05) is 5.32 Å². The number of benzene rings is 2. The number of imidazole rings is 1. The van der Waals surface area contributed by atoms with Crippen molar-refractivity contribution in [1.82, 2.24) is 29.5 Å². The summed E-state index contributed by atoms with van der Waals surface area (Å²) in [6.07, 6.45) is 3.47.